The molecule has 3 N–H and O–H groups in total. The van der Waals surface area contributed by atoms with Crippen molar-refractivity contribution in [3.63, 3.8) is 0 Å². The number of benzene rings is 3. The second-order valence-electron chi connectivity index (χ2n) is 10.8. The van der Waals surface area contributed by atoms with Gasteiger partial charge in [-0.3, -0.25) is 14.7 Å². The number of aromatic hydroxyl groups is 1. The predicted molar refractivity (Wildman–Crippen MR) is 167 cm³/mol. The molecule has 7 heteroatoms. The maximum atomic E-state index is 13.4. The van der Waals surface area contributed by atoms with Gasteiger partial charge in [0.2, 0.25) is 0 Å². The molecule has 1 aliphatic rings. The van der Waals surface area contributed by atoms with Gasteiger partial charge in [0.15, 0.2) is 5.88 Å². The zero-order valence-electron chi connectivity index (χ0n) is 23.8. The number of carbonyl (C=O) groups is 1. The number of carbonyl (C=O) groups excluding carboxylic acids is 1. The minimum absolute atomic E-state index is 0.000468. The van der Waals surface area contributed by atoms with Crippen molar-refractivity contribution in [2.45, 2.75) is 38.8 Å². The van der Waals surface area contributed by atoms with Crippen molar-refractivity contribution in [1.82, 2.24) is 20.2 Å². The topological polar surface area (TPSA) is 93.6 Å². The summed E-state index contributed by atoms with van der Waals surface area (Å²) < 4.78 is 0. The maximum absolute atomic E-state index is 13.4. The molecule has 3 heterocycles. The van der Waals surface area contributed by atoms with Crippen molar-refractivity contribution in [3.05, 3.63) is 125 Å². The van der Waals surface area contributed by atoms with Gasteiger partial charge in [0.25, 0.3) is 5.91 Å². The number of amides is 1. The molecule has 1 unspecified atom stereocenters. The Kier molecular flexibility index (Phi) is 8.10. The lowest BCUT2D eigenvalue weighted by molar-refractivity contribution is 0.0935. The van der Waals surface area contributed by atoms with Crippen LogP contribution in [0.15, 0.2) is 102 Å². The van der Waals surface area contributed by atoms with Crippen LogP contribution in [0.4, 0.5) is 5.69 Å². The summed E-state index contributed by atoms with van der Waals surface area (Å²) in [5, 5.41) is 15.0. The van der Waals surface area contributed by atoms with Crippen molar-refractivity contribution >= 4 is 28.2 Å². The van der Waals surface area contributed by atoms with Crippen molar-refractivity contribution in [1.29, 1.82) is 0 Å². The monoisotopic (exact) mass is 557 g/mol. The molecule has 1 saturated heterocycles. The molecule has 0 spiro atoms. The number of H-pyrrole nitrogens is 1. The summed E-state index contributed by atoms with van der Waals surface area (Å²) in [6.07, 6.45) is 6.72. The molecule has 1 aliphatic heterocycles. The SMILES string of the molecule is CCC(NC(=O)c1ccc2[nH]c(O)c(C(=Nc3ccc(CN4CCCC4)cc3)c3ccncc3)c2c1)c1ccccc1. The highest BCUT2D eigenvalue weighted by Gasteiger charge is 2.21. The van der Waals surface area contributed by atoms with E-state index in [0.29, 0.717) is 22.2 Å². The zero-order chi connectivity index (χ0) is 28.9. The van der Waals surface area contributed by atoms with Crippen LogP contribution in [-0.4, -0.2) is 44.7 Å². The molecule has 0 aliphatic carbocycles. The number of aromatic amines is 1. The van der Waals surface area contributed by atoms with E-state index in [4.69, 9.17) is 4.99 Å². The first-order chi connectivity index (χ1) is 20.6. The van der Waals surface area contributed by atoms with Gasteiger partial charge in [-0.25, -0.2) is 4.99 Å². The summed E-state index contributed by atoms with van der Waals surface area (Å²) in [6.45, 7) is 5.30. The standard InChI is InChI=1S/C35H35N5O2/c1-2-30(25-8-4-3-5-9-25)38-34(41)27-12-15-31-29(22-27)32(35(42)39-31)33(26-16-18-36-19-17-26)37-28-13-10-24(11-14-28)23-40-20-6-7-21-40/h3-5,8-19,22,30,39,42H,2,6-7,20-21,23H2,1H3,(H,38,41). The number of likely N-dealkylation sites (tertiary alicyclic amines) is 1. The van der Waals surface area contributed by atoms with Gasteiger partial charge in [-0.05, 0) is 85.9 Å². The van der Waals surface area contributed by atoms with E-state index in [-0.39, 0.29) is 17.8 Å². The van der Waals surface area contributed by atoms with E-state index in [0.717, 1.165) is 48.4 Å². The first kappa shape index (κ1) is 27.4. The van der Waals surface area contributed by atoms with Crippen molar-refractivity contribution in [2.24, 2.45) is 4.99 Å². The summed E-state index contributed by atoms with van der Waals surface area (Å²) in [5.41, 5.74) is 6.29. The van der Waals surface area contributed by atoms with Crippen LogP contribution < -0.4 is 5.32 Å². The molecular formula is C35H35N5O2. The first-order valence-corrected chi connectivity index (χ1v) is 14.6. The van der Waals surface area contributed by atoms with Gasteiger partial charge in [-0.2, -0.15) is 0 Å². The Labute approximate surface area is 246 Å². The Balaban J connectivity index is 1.36. The number of nitrogens with zero attached hydrogens (tertiary/aromatic N) is 3. The summed E-state index contributed by atoms with van der Waals surface area (Å²) in [4.78, 5) is 28.2. The van der Waals surface area contributed by atoms with Crippen LogP contribution in [-0.2, 0) is 6.54 Å². The van der Waals surface area contributed by atoms with Gasteiger partial charge in [0, 0.05) is 41.0 Å². The fraction of sp³-hybridized carbons (Fsp3) is 0.229. The lowest BCUT2D eigenvalue weighted by Gasteiger charge is -2.17. The van der Waals surface area contributed by atoms with E-state index < -0.39 is 0 Å². The Bertz CT molecular complexity index is 1690. The second-order valence-corrected chi connectivity index (χ2v) is 10.8. The largest absolute Gasteiger partial charge is 0.494 e. The molecule has 1 atom stereocenters. The van der Waals surface area contributed by atoms with Gasteiger partial charge in [0.05, 0.1) is 23.0 Å². The normalized spacial score (nSPS) is 14.7. The molecule has 0 saturated carbocycles. The minimum atomic E-state index is -0.171. The van der Waals surface area contributed by atoms with Crippen LogP contribution in [0, 0.1) is 0 Å². The quantitative estimate of drug-likeness (QED) is 0.172. The lowest BCUT2D eigenvalue weighted by atomic mass is 9.99. The lowest BCUT2D eigenvalue weighted by Crippen LogP contribution is -2.28. The van der Waals surface area contributed by atoms with Crippen LogP contribution in [0.5, 0.6) is 5.88 Å². The van der Waals surface area contributed by atoms with Crippen LogP contribution in [0.2, 0.25) is 0 Å². The Morgan fingerprint density at radius 3 is 2.43 bits per heavy atom. The first-order valence-electron chi connectivity index (χ1n) is 14.6. The van der Waals surface area contributed by atoms with Crippen LogP contribution >= 0.6 is 0 Å². The molecule has 0 bridgehead atoms. The number of hydrogen-bond acceptors (Lipinski definition) is 5. The van der Waals surface area contributed by atoms with Crippen molar-refractivity contribution in [3.8, 4) is 5.88 Å². The zero-order valence-corrected chi connectivity index (χ0v) is 23.8. The number of hydrogen-bond donors (Lipinski definition) is 3. The average Bonchev–Trinajstić information content (AvgIpc) is 3.66. The average molecular weight is 558 g/mol. The molecule has 42 heavy (non-hydrogen) atoms. The molecular weight excluding hydrogens is 522 g/mol. The number of aromatic nitrogens is 2. The molecule has 212 valence electrons. The van der Waals surface area contributed by atoms with Crippen LogP contribution in [0.1, 0.15) is 64.8 Å². The third-order valence-electron chi connectivity index (χ3n) is 7.93. The van der Waals surface area contributed by atoms with Gasteiger partial charge < -0.3 is 15.4 Å². The van der Waals surface area contributed by atoms with E-state index in [2.05, 4.69) is 39.2 Å². The van der Waals surface area contributed by atoms with E-state index in [1.807, 2.05) is 66.7 Å². The Hall–Kier alpha value is -4.75. The molecule has 1 fully saturated rings. The molecule has 5 aromatic rings. The predicted octanol–water partition coefficient (Wildman–Crippen LogP) is 6.91. The second kappa shape index (κ2) is 12.4. The Morgan fingerprint density at radius 1 is 0.976 bits per heavy atom. The molecule has 2 aromatic heterocycles. The van der Waals surface area contributed by atoms with Gasteiger partial charge in [0.1, 0.15) is 0 Å². The third-order valence-corrected chi connectivity index (χ3v) is 7.93. The molecule has 3 aromatic carbocycles. The summed E-state index contributed by atoms with van der Waals surface area (Å²) in [7, 11) is 0. The van der Waals surface area contributed by atoms with Crippen LogP contribution in [0.25, 0.3) is 10.9 Å². The highest BCUT2D eigenvalue weighted by Crippen LogP contribution is 2.32. The number of pyridine rings is 1. The number of aliphatic imine (C=N–C) groups is 1. The highest BCUT2D eigenvalue weighted by molar-refractivity contribution is 6.22. The maximum Gasteiger partial charge on any atom is 0.251 e. The van der Waals surface area contributed by atoms with E-state index >= 15 is 0 Å². The summed E-state index contributed by atoms with van der Waals surface area (Å²) >= 11 is 0. The molecule has 1 amide bonds. The smallest absolute Gasteiger partial charge is 0.251 e. The fourth-order valence-electron chi connectivity index (χ4n) is 5.69. The van der Waals surface area contributed by atoms with E-state index in [1.165, 1.54) is 18.4 Å². The van der Waals surface area contributed by atoms with Gasteiger partial charge in [-0.15, -0.1) is 0 Å². The van der Waals surface area contributed by atoms with Crippen LogP contribution in [0.3, 0.4) is 0 Å². The van der Waals surface area contributed by atoms with E-state index in [1.54, 1.807) is 18.5 Å². The molecule has 7 nitrogen and oxygen atoms in total. The van der Waals surface area contributed by atoms with Crippen molar-refractivity contribution < 1.29 is 9.90 Å². The van der Waals surface area contributed by atoms with Gasteiger partial charge in [-0.1, -0.05) is 49.4 Å². The minimum Gasteiger partial charge on any atom is -0.494 e. The third kappa shape index (κ3) is 5.97. The summed E-state index contributed by atoms with van der Waals surface area (Å²) in [5.74, 6) is -0.172. The highest BCUT2D eigenvalue weighted by atomic mass is 16.3. The van der Waals surface area contributed by atoms with E-state index in [9.17, 15) is 9.90 Å². The molecule has 6 rings (SSSR count). The Morgan fingerprint density at radius 2 is 1.71 bits per heavy atom. The number of fused-ring (bicyclic) bond motifs is 1. The summed E-state index contributed by atoms with van der Waals surface area (Å²) in [6, 6.07) is 27.3. The number of rotatable bonds is 9. The fourth-order valence-corrected chi connectivity index (χ4v) is 5.69. The molecule has 0 radical (unpaired) electrons. The number of nitrogens with one attached hydrogen (secondary N) is 2. The van der Waals surface area contributed by atoms with Crippen molar-refractivity contribution in [2.75, 3.05) is 13.1 Å². The van der Waals surface area contributed by atoms with Gasteiger partial charge >= 0.3 is 0 Å².